The minimum absolute atomic E-state index is 0.0925. The highest BCUT2D eigenvalue weighted by atomic mass is 16.5. The van der Waals surface area contributed by atoms with Crippen LogP contribution in [0.5, 0.6) is 5.75 Å². The van der Waals surface area contributed by atoms with Gasteiger partial charge in [0.2, 0.25) is 5.95 Å². The Hall–Kier alpha value is -3.59. The summed E-state index contributed by atoms with van der Waals surface area (Å²) in [6, 6.07) is 10.8. The van der Waals surface area contributed by atoms with Crippen LogP contribution in [0.3, 0.4) is 0 Å². The average molecular weight is 393 g/mol. The zero-order valence-electron chi connectivity index (χ0n) is 16.5. The molecule has 0 spiro atoms. The maximum Gasteiger partial charge on any atom is 0.221 e. The summed E-state index contributed by atoms with van der Waals surface area (Å²) in [7, 11) is 1.56. The Labute approximate surface area is 168 Å². The molecule has 3 aromatic rings. The molecule has 0 aliphatic rings. The molecule has 0 atom stereocenters. The lowest BCUT2D eigenvalue weighted by Crippen LogP contribution is -2.18. The fourth-order valence-electron chi connectivity index (χ4n) is 2.81. The predicted molar refractivity (Wildman–Crippen MR) is 113 cm³/mol. The highest BCUT2D eigenvalue weighted by Gasteiger charge is 2.18. The number of aromatic nitrogens is 3. The van der Waals surface area contributed by atoms with Gasteiger partial charge in [-0.15, -0.1) is 0 Å². The van der Waals surface area contributed by atoms with Crippen LogP contribution < -0.4 is 16.3 Å². The molecule has 0 aliphatic carbocycles. The van der Waals surface area contributed by atoms with E-state index in [-0.39, 0.29) is 12.5 Å². The summed E-state index contributed by atoms with van der Waals surface area (Å²) < 4.78 is 5.43. The Morgan fingerprint density at radius 2 is 1.93 bits per heavy atom. The summed E-state index contributed by atoms with van der Waals surface area (Å²) in [5.41, 5.74) is 7.45. The number of hydrogen-bond acceptors (Lipinski definition) is 9. The molecule has 0 bridgehead atoms. The predicted octanol–water partition coefficient (Wildman–Crippen LogP) is 1.78. The van der Waals surface area contributed by atoms with Crippen LogP contribution >= 0.6 is 0 Å². The molecule has 0 saturated heterocycles. The van der Waals surface area contributed by atoms with Crippen molar-refractivity contribution >= 4 is 28.8 Å². The van der Waals surface area contributed by atoms with Gasteiger partial charge in [-0.3, -0.25) is 9.98 Å². The van der Waals surface area contributed by atoms with Crippen LogP contribution in [0.15, 0.2) is 46.5 Å². The molecule has 9 nitrogen and oxygen atoms in total. The van der Waals surface area contributed by atoms with E-state index in [0.717, 1.165) is 0 Å². The average Bonchev–Trinajstić information content (AvgIpc) is 2.69. The molecule has 0 radical (unpaired) electrons. The first-order chi connectivity index (χ1) is 13.8. The van der Waals surface area contributed by atoms with Crippen molar-refractivity contribution in [1.29, 1.82) is 0 Å². The van der Waals surface area contributed by atoms with E-state index in [1.54, 1.807) is 39.2 Å². The highest BCUT2D eigenvalue weighted by Crippen LogP contribution is 2.27. The van der Waals surface area contributed by atoms with E-state index in [9.17, 15) is 5.11 Å². The van der Waals surface area contributed by atoms with Gasteiger partial charge in [0.15, 0.2) is 0 Å². The van der Waals surface area contributed by atoms with Crippen LogP contribution in [0.1, 0.15) is 30.9 Å². The summed E-state index contributed by atoms with van der Waals surface area (Å²) in [4.78, 5) is 17.3. The van der Waals surface area contributed by atoms with Crippen molar-refractivity contribution in [2.45, 2.75) is 26.0 Å². The van der Waals surface area contributed by atoms with Gasteiger partial charge in [-0.1, -0.05) is 12.1 Å². The molecule has 3 rings (SSSR count). The third kappa shape index (κ3) is 4.46. The lowest BCUT2D eigenvalue weighted by Gasteiger charge is -2.16. The SMILES string of the molecule is COc1cccc2nc(N)nc(/C(C=NCc3cccc(C(C)(C)O)n3)=N/N)c12. The Balaban J connectivity index is 1.94. The van der Waals surface area contributed by atoms with E-state index in [0.29, 0.717) is 39.4 Å². The summed E-state index contributed by atoms with van der Waals surface area (Å²) in [5.74, 6) is 6.27. The molecule has 2 heterocycles. The number of pyridine rings is 1. The molecule has 2 aromatic heterocycles. The molecule has 0 aliphatic heterocycles. The summed E-state index contributed by atoms with van der Waals surface area (Å²) in [6.07, 6.45) is 1.51. The number of nitrogens with zero attached hydrogens (tertiary/aromatic N) is 5. The largest absolute Gasteiger partial charge is 0.496 e. The van der Waals surface area contributed by atoms with Crippen LogP contribution in [-0.4, -0.2) is 39.1 Å². The number of aliphatic hydroxyl groups is 1. The van der Waals surface area contributed by atoms with Gasteiger partial charge in [0.05, 0.1) is 42.2 Å². The van der Waals surface area contributed by atoms with Crippen LogP contribution in [0.4, 0.5) is 5.95 Å². The molecule has 1 aromatic carbocycles. The minimum atomic E-state index is -1.03. The summed E-state index contributed by atoms with van der Waals surface area (Å²) in [5, 5.41) is 14.6. The number of hydrazone groups is 1. The Morgan fingerprint density at radius 1 is 1.17 bits per heavy atom. The van der Waals surface area contributed by atoms with Crippen molar-refractivity contribution in [1.82, 2.24) is 15.0 Å². The van der Waals surface area contributed by atoms with Gasteiger partial charge in [0.1, 0.15) is 22.8 Å². The van der Waals surface area contributed by atoms with E-state index < -0.39 is 5.60 Å². The Kier molecular flexibility index (Phi) is 5.69. The van der Waals surface area contributed by atoms with Crippen molar-refractivity contribution in [2.75, 3.05) is 12.8 Å². The number of methoxy groups -OCH3 is 1. The maximum absolute atomic E-state index is 10.1. The van der Waals surface area contributed by atoms with E-state index in [2.05, 4.69) is 25.0 Å². The zero-order chi connectivity index (χ0) is 21.0. The van der Waals surface area contributed by atoms with Gasteiger partial charge < -0.3 is 21.4 Å². The molecule has 0 fully saturated rings. The highest BCUT2D eigenvalue weighted by molar-refractivity contribution is 6.40. The monoisotopic (exact) mass is 393 g/mol. The number of anilines is 1. The number of aliphatic imine (C=N–C) groups is 1. The Morgan fingerprint density at radius 3 is 2.62 bits per heavy atom. The second-order valence-electron chi connectivity index (χ2n) is 6.84. The topological polar surface area (TPSA) is 145 Å². The van der Waals surface area contributed by atoms with Gasteiger partial charge in [-0.05, 0) is 38.1 Å². The number of fused-ring (bicyclic) bond motifs is 1. The standard InChI is InChI=1S/C20H23N7O2/c1-20(2,28)16-9-4-6-12(24-16)10-23-11-14(27-22)18-17-13(25-19(21)26-18)7-5-8-15(17)29-3/h4-9,11,28H,10,22H2,1-3H3,(H2,21,25,26)/b23-11?,27-14+. The van der Waals surface area contributed by atoms with E-state index in [1.165, 1.54) is 6.21 Å². The second kappa shape index (κ2) is 8.19. The van der Waals surface area contributed by atoms with Gasteiger partial charge >= 0.3 is 0 Å². The van der Waals surface area contributed by atoms with E-state index in [1.807, 2.05) is 18.2 Å². The van der Waals surface area contributed by atoms with Crippen molar-refractivity contribution in [3.05, 3.63) is 53.5 Å². The van der Waals surface area contributed by atoms with Crippen molar-refractivity contribution < 1.29 is 9.84 Å². The molecule has 9 heteroatoms. The molecule has 29 heavy (non-hydrogen) atoms. The molecule has 0 amide bonds. The Bertz CT molecular complexity index is 1090. The van der Waals surface area contributed by atoms with Crippen LogP contribution in [-0.2, 0) is 12.1 Å². The lowest BCUT2D eigenvalue weighted by atomic mass is 10.0. The first-order valence-corrected chi connectivity index (χ1v) is 8.90. The molecule has 0 saturated carbocycles. The third-order valence-corrected chi connectivity index (χ3v) is 4.20. The summed E-state index contributed by atoms with van der Waals surface area (Å²) in [6.45, 7) is 3.64. The van der Waals surface area contributed by atoms with Crippen LogP contribution in [0.25, 0.3) is 10.9 Å². The van der Waals surface area contributed by atoms with Crippen LogP contribution in [0, 0.1) is 0 Å². The normalized spacial score (nSPS) is 12.6. The molecule has 0 unspecified atom stereocenters. The fourth-order valence-corrected chi connectivity index (χ4v) is 2.81. The van der Waals surface area contributed by atoms with Gasteiger partial charge in [0.25, 0.3) is 0 Å². The number of benzene rings is 1. The van der Waals surface area contributed by atoms with Crippen molar-refractivity contribution in [3.63, 3.8) is 0 Å². The van der Waals surface area contributed by atoms with Crippen molar-refractivity contribution in [2.24, 2.45) is 15.9 Å². The third-order valence-electron chi connectivity index (χ3n) is 4.20. The number of rotatable bonds is 6. The van der Waals surface area contributed by atoms with Crippen molar-refractivity contribution in [3.8, 4) is 5.75 Å². The molecular formula is C20H23N7O2. The van der Waals surface area contributed by atoms with Gasteiger partial charge in [0, 0.05) is 0 Å². The first kappa shape index (κ1) is 20.2. The van der Waals surface area contributed by atoms with Crippen LogP contribution in [0.2, 0.25) is 0 Å². The molecular weight excluding hydrogens is 370 g/mol. The number of nitrogen functional groups attached to an aromatic ring is 1. The molecule has 150 valence electrons. The number of ether oxygens (including phenoxy) is 1. The van der Waals surface area contributed by atoms with Gasteiger partial charge in [-0.25, -0.2) is 9.97 Å². The number of nitrogens with two attached hydrogens (primary N) is 2. The smallest absolute Gasteiger partial charge is 0.221 e. The summed E-state index contributed by atoms with van der Waals surface area (Å²) >= 11 is 0. The maximum atomic E-state index is 10.1. The minimum Gasteiger partial charge on any atom is -0.496 e. The van der Waals surface area contributed by atoms with Gasteiger partial charge in [-0.2, -0.15) is 5.10 Å². The first-order valence-electron chi connectivity index (χ1n) is 8.90. The van der Waals surface area contributed by atoms with E-state index in [4.69, 9.17) is 16.3 Å². The van der Waals surface area contributed by atoms with E-state index >= 15 is 0 Å². The number of hydrogen-bond donors (Lipinski definition) is 3. The molecule has 5 N–H and O–H groups in total. The zero-order valence-corrected chi connectivity index (χ0v) is 16.5. The fraction of sp³-hybridized carbons (Fsp3) is 0.250. The second-order valence-corrected chi connectivity index (χ2v) is 6.84. The quantitative estimate of drug-likeness (QED) is 0.329. The lowest BCUT2D eigenvalue weighted by molar-refractivity contribution is 0.0736.